The Labute approximate surface area is 152 Å². The molecule has 2 heterocycles. The summed E-state index contributed by atoms with van der Waals surface area (Å²) in [4.78, 5) is 17.4. The number of carbonyl (C=O) groups is 1. The Morgan fingerprint density at radius 3 is 2.35 bits per heavy atom. The van der Waals surface area contributed by atoms with Gasteiger partial charge in [0.15, 0.2) is 0 Å². The lowest BCUT2D eigenvalue weighted by Crippen LogP contribution is -2.54. The van der Waals surface area contributed by atoms with E-state index in [2.05, 4.69) is 9.80 Å². The van der Waals surface area contributed by atoms with Crippen LogP contribution in [0, 0.1) is 0 Å². The summed E-state index contributed by atoms with van der Waals surface area (Å²) < 4.78 is 5.49. The second kappa shape index (κ2) is 9.42. The van der Waals surface area contributed by atoms with E-state index in [0.717, 1.165) is 45.7 Å². The molecule has 5 nitrogen and oxygen atoms in total. The van der Waals surface area contributed by atoms with E-state index >= 15 is 0 Å². The highest BCUT2D eigenvalue weighted by Crippen LogP contribution is 2.39. The van der Waals surface area contributed by atoms with E-state index in [-0.39, 0.29) is 36.4 Å². The Hall–Kier alpha value is -0.0700. The molecule has 0 aromatic heterocycles. The summed E-state index contributed by atoms with van der Waals surface area (Å²) in [7, 11) is 0. The van der Waals surface area contributed by atoms with Gasteiger partial charge in [-0.3, -0.25) is 9.69 Å². The van der Waals surface area contributed by atoms with Crippen LogP contribution in [0.3, 0.4) is 0 Å². The maximum Gasteiger partial charge on any atom is 0.224 e. The number of halogens is 2. The van der Waals surface area contributed by atoms with Crippen molar-refractivity contribution in [2.24, 2.45) is 5.73 Å². The third-order valence-corrected chi connectivity index (χ3v) is 5.67. The van der Waals surface area contributed by atoms with E-state index in [1.807, 2.05) is 0 Å². The van der Waals surface area contributed by atoms with E-state index in [1.165, 1.54) is 25.7 Å². The molecule has 0 aromatic rings. The minimum Gasteiger partial charge on any atom is -0.379 e. The highest BCUT2D eigenvalue weighted by atomic mass is 35.5. The van der Waals surface area contributed by atoms with Crippen molar-refractivity contribution in [1.82, 2.24) is 9.80 Å². The standard InChI is InChI=1S/C16H29N3O2.2ClH/c17-13-14-4-3-7-19(14)15(20)12-16(5-1-2-6-16)18-8-10-21-11-9-18;;/h14H,1-13,17H2;2*1H. The topological polar surface area (TPSA) is 58.8 Å². The summed E-state index contributed by atoms with van der Waals surface area (Å²) in [5.74, 6) is 0.330. The van der Waals surface area contributed by atoms with E-state index in [1.54, 1.807) is 0 Å². The molecular formula is C16H31Cl2N3O2. The normalized spacial score (nSPS) is 27.3. The number of likely N-dealkylation sites (tertiary alicyclic amines) is 1. The van der Waals surface area contributed by atoms with Crippen molar-refractivity contribution < 1.29 is 9.53 Å². The minimum atomic E-state index is 0. The smallest absolute Gasteiger partial charge is 0.224 e. The summed E-state index contributed by atoms with van der Waals surface area (Å²) in [6.45, 7) is 5.09. The minimum absolute atomic E-state index is 0. The van der Waals surface area contributed by atoms with Gasteiger partial charge in [0, 0.05) is 44.2 Å². The lowest BCUT2D eigenvalue weighted by Gasteiger charge is -2.44. The van der Waals surface area contributed by atoms with Crippen molar-refractivity contribution in [2.75, 3.05) is 39.4 Å². The van der Waals surface area contributed by atoms with Crippen molar-refractivity contribution in [3.05, 3.63) is 0 Å². The fourth-order valence-corrected chi connectivity index (χ4v) is 4.47. The number of amides is 1. The first-order valence-corrected chi connectivity index (χ1v) is 8.57. The molecule has 1 aliphatic carbocycles. The molecule has 3 fully saturated rings. The van der Waals surface area contributed by atoms with Crippen LogP contribution >= 0.6 is 24.8 Å². The van der Waals surface area contributed by atoms with Gasteiger partial charge in [-0.15, -0.1) is 24.8 Å². The van der Waals surface area contributed by atoms with Crippen LogP contribution in [0.2, 0.25) is 0 Å². The quantitative estimate of drug-likeness (QED) is 0.822. The van der Waals surface area contributed by atoms with Crippen LogP contribution in [0.4, 0.5) is 0 Å². The van der Waals surface area contributed by atoms with Crippen molar-refractivity contribution >= 4 is 30.7 Å². The van der Waals surface area contributed by atoms with Gasteiger partial charge in [0.2, 0.25) is 5.91 Å². The number of nitrogens with zero attached hydrogens (tertiary/aromatic N) is 2. The fourth-order valence-electron chi connectivity index (χ4n) is 4.47. The summed E-state index contributed by atoms with van der Waals surface area (Å²) in [6, 6.07) is 0.278. The van der Waals surface area contributed by atoms with Gasteiger partial charge in [-0.2, -0.15) is 0 Å². The first kappa shape index (κ1) is 21.0. The number of nitrogens with two attached hydrogens (primary N) is 1. The molecule has 7 heteroatoms. The Morgan fingerprint density at radius 1 is 1.09 bits per heavy atom. The first-order chi connectivity index (χ1) is 10.2. The third-order valence-electron chi connectivity index (χ3n) is 5.67. The fraction of sp³-hybridized carbons (Fsp3) is 0.938. The molecule has 1 amide bonds. The highest BCUT2D eigenvalue weighted by Gasteiger charge is 2.43. The SMILES string of the molecule is Cl.Cl.NCC1CCCN1C(=O)CC1(N2CCOCC2)CCCC1. The molecule has 0 aromatic carbocycles. The zero-order chi connectivity index (χ0) is 14.7. The number of morpholine rings is 1. The molecule has 1 atom stereocenters. The van der Waals surface area contributed by atoms with E-state index in [4.69, 9.17) is 10.5 Å². The molecule has 2 aliphatic heterocycles. The molecule has 3 rings (SSSR count). The number of carbonyl (C=O) groups excluding carboxylic acids is 1. The van der Waals surface area contributed by atoms with Crippen LogP contribution in [-0.2, 0) is 9.53 Å². The zero-order valence-electron chi connectivity index (χ0n) is 13.9. The molecule has 23 heavy (non-hydrogen) atoms. The molecule has 1 unspecified atom stereocenters. The van der Waals surface area contributed by atoms with Crippen molar-refractivity contribution in [2.45, 2.75) is 56.5 Å². The Bertz CT molecular complexity index is 372. The highest BCUT2D eigenvalue weighted by molar-refractivity contribution is 5.85. The molecule has 136 valence electrons. The second-order valence-corrected chi connectivity index (χ2v) is 6.83. The van der Waals surface area contributed by atoms with Crippen molar-refractivity contribution in [1.29, 1.82) is 0 Å². The monoisotopic (exact) mass is 367 g/mol. The van der Waals surface area contributed by atoms with Gasteiger partial charge >= 0.3 is 0 Å². The zero-order valence-corrected chi connectivity index (χ0v) is 15.5. The number of hydrogen-bond donors (Lipinski definition) is 1. The first-order valence-electron chi connectivity index (χ1n) is 8.57. The van der Waals surface area contributed by atoms with Crippen LogP contribution < -0.4 is 5.73 Å². The number of rotatable bonds is 4. The van der Waals surface area contributed by atoms with Crippen molar-refractivity contribution in [3.8, 4) is 0 Å². The summed E-state index contributed by atoms with van der Waals surface area (Å²) in [5, 5.41) is 0. The van der Waals surface area contributed by atoms with E-state index in [9.17, 15) is 4.79 Å². The molecule has 3 aliphatic rings. The summed E-state index contributed by atoms with van der Waals surface area (Å²) in [6.07, 6.45) is 7.71. The lowest BCUT2D eigenvalue weighted by molar-refractivity contribution is -0.136. The average molecular weight is 368 g/mol. The van der Waals surface area contributed by atoms with Gasteiger partial charge in [-0.05, 0) is 25.7 Å². The molecule has 1 saturated carbocycles. The molecule has 0 bridgehead atoms. The molecule has 2 saturated heterocycles. The Kier molecular flexibility index (Phi) is 8.59. The van der Waals surface area contributed by atoms with Crippen molar-refractivity contribution in [3.63, 3.8) is 0 Å². The van der Waals surface area contributed by atoms with Gasteiger partial charge in [0.05, 0.1) is 13.2 Å². The summed E-state index contributed by atoms with van der Waals surface area (Å²) >= 11 is 0. The van der Waals surface area contributed by atoms with Crippen LogP contribution in [-0.4, -0.2) is 66.7 Å². The third kappa shape index (κ3) is 4.51. The number of hydrogen-bond acceptors (Lipinski definition) is 4. The van der Waals surface area contributed by atoms with Gasteiger partial charge in [-0.1, -0.05) is 12.8 Å². The van der Waals surface area contributed by atoms with Crippen LogP contribution in [0.1, 0.15) is 44.9 Å². The molecule has 0 spiro atoms. The van der Waals surface area contributed by atoms with Gasteiger partial charge in [0.1, 0.15) is 0 Å². The second-order valence-electron chi connectivity index (χ2n) is 6.83. The van der Waals surface area contributed by atoms with E-state index in [0.29, 0.717) is 18.9 Å². The van der Waals surface area contributed by atoms with Gasteiger partial charge < -0.3 is 15.4 Å². The molecular weight excluding hydrogens is 337 g/mol. The lowest BCUT2D eigenvalue weighted by atomic mass is 9.89. The van der Waals surface area contributed by atoms with Gasteiger partial charge in [-0.25, -0.2) is 0 Å². The van der Waals surface area contributed by atoms with Crippen LogP contribution in [0.5, 0.6) is 0 Å². The summed E-state index contributed by atoms with van der Waals surface area (Å²) in [5.41, 5.74) is 5.92. The molecule has 2 N–H and O–H groups in total. The number of ether oxygens (including phenoxy) is 1. The average Bonchev–Trinajstić information content (AvgIpc) is 3.17. The Morgan fingerprint density at radius 2 is 1.74 bits per heavy atom. The van der Waals surface area contributed by atoms with Crippen LogP contribution in [0.15, 0.2) is 0 Å². The Balaban J connectivity index is 0.00000132. The molecule has 0 radical (unpaired) electrons. The largest absolute Gasteiger partial charge is 0.379 e. The predicted molar refractivity (Wildman–Crippen MR) is 96.5 cm³/mol. The van der Waals surface area contributed by atoms with Gasteiger partial charge in [0.25, 0.3) is 0 Å². The predicted octanol–water partition coefficient (Wildman–Crippen LogP) is 1.81. The maximum atomic E-state index is 12.8. The van der Waals surface area contributed by atoms with Crippen LogP contribution in [0.25, 0.3) is 0 Å². The maximum absolute atomic E-state index is 12.8. The van der Waals surface area contributed by atoms with E-state index < -0.39 is 0 Å².